The molecule has 1 saturated carbocycles. The first-order valence-corrected chi connectivity index (χ1v) is 11.3. The quantitative estimate of drug-likeness (QED) is 0.598. The van der Waals surface area contributed by atoms with E-state index < -0.39 is 0 Å². The van der Waals surface area contributed by atoms with Gasteiger partial charge in [-0.25, -0.2) is 9.98 Å². The summed E-state index contributed by atoms with van der Waals surface area (Å²) in [4.78, 5) is 12.7. The molecule has 2 bridgehead atoms. The van der Waals surface area contributed by atoms with Crippen LogP contribution in [-0.4, -0.2) is 28.3 Å². The van der Waals surface area contributed by atoms with Crippen LogP contribution >= 0.6 is 0 Å². The number of pyridine rings is 1. The number of likely N-dealkylation sites (tertiary alicyclic amines) is 1. The molecule has 2 aliphatic rings. The SMILES string of the molecule is CCC(CC)CN1C(=Nc2ccc3ccccc3n2)C(C)C2CC(C)CC1C2. The highest BCUT2D eigenvalue weighted by atomic mass is 15.2. The van der Waals surface area contributed by atoms with Gasteiger partial charge in [-0.05, 0) is 55.2 Å². The standard InChI is InChI=1S/C25H35N3/c1-5-19(6-2)16-28-22-14-17(3)13-21(15-22)18(4)25(28)27-24-12-11-20-9-7-8-10-23(20)26-24/h7-12,17-19,21-22H,5-6,13-16H2,1-4H3. The number of benzene rings is 1. The van der Waals surface area contributed by atoms with Crippen molar-refractivity contribution in [2.75, 3.05) is 6.54 Å². The molecule has 4 unspecified atom stereocenters. The maximum absolute atomic E-state index is 5.19. The molecule has 0 amide bonds. The Labute approximate surface area is 170 Å². The molecule has 28 heavy (non-hydrogen) atoms. The van der Waals surface area contributed by atoms with Crippen molar-refractivity contribution in [2.24, 2.45) is 28.7 Å². The van der Waals surface area contributed by atoms with Crippen LogP contribution in [0, 0.1) is 23.7 Å². The first-order chi connectivity index (χ1) is 13.6. The summed E-state index contributed by atoms with van der Waals surface area (Å²) in [6.07, 6.45) is 6.49. The summed E-state index contributed by atoms with van der Waals surface area (Å²) >= 11 is 0. The fraction of sp³-hybridized carbons (Fsp3) is 0.600. The molecule has 0 N–H and O–H groups in total. The van der Waals surface area contributed by atoms with Gasteiger partial charge in [-0.15, -0.1) is 0 Å². The molecule has 1 aliphatic heterocycles. The van der Waals surface area contributed by atoms with E-state index in [0.29, 0.717) is 12.0 Å². The number of hydrogen-bond acceptors (Lipinski definition) is 2. The highest BCUT2D eigenvalue weighted by molar-refractivity contribution is 5.89. The van der Waals surface area contributed by atoms with Gasteiger partial charge in [0.15, 0.2) is 5.82 Å². The number of rotatable bonds is 5. The Balaban J connectivity index is 1.71. The van der Waals surface area contributed by atoms with Gasteiger partial charge in [0.05, 0.1) is 5.52 Å². The second kappa shape index (κ2) is 8.23. The summed E-state index contributed by atoms with van der Waals surface area (Å²) in [7, 11) is 0. The zero-order valence-electron chi connectivity index (χ0n) is 17.9. The van der Waals surface area contributed by atoms with Gasteiger partial charge in [-0.3, -0.25) is 0 Å². The number of hydrogen-bond donors (Lipinski definition) is 0. The summed E-state index contributed by atoms with van der Waals surface area (Å²) in [5.74, 6) is 5.02. The molecule has 4 rings (SSSR count). The van der Waals surface area contributed by atoms with E-state index in [-0.39, 0.29) is 0 Å². The van der Waals surface area contributed by atoms with Gasteiger partial charge in [0.1, 0.15) is 5.84 Å². The van der Waals surface area contributed by atoms with Crippen molar-refractivity contribution >= 4 is 22.6 Å². The molecular weight excluding hydrogens is 342 g/mol. The molecule has 3 heteroatoms. The molecule has 2 aromatic rings. The highest BCUT2D eigenvalue weighted by Gasteiger charge is 2.42. The average molecular weight is 378 g/mol. The Bertz CT molecular complexity index is 839. The predicted octanol–water partition coefficient (Wildman–Crippen LogP) is 6.46. The molecular formula is C25H35N3. The molecule has 1 saturated heterocycles. The number of aromatic nitrogens is 1. The number of para-hydroxylation sites is 1. The van der Waals surface area contributed by atoms with Crippen molar-refractivity contribution in [2.45, 2.75) is 65.8 Å². The van der Waals surface area contributed by atoms with Crippen molar-refractivity contribution in [1.29, 1.82) is 0 Å². The van der Waals surface area contributed by atoms with Crippen molar-refractivity contribution < 1.29 is 0 Å². The van der Waals surface area contributed by atoms with Crippen molar-refractivity contribution in [1.82, 2.24) is 9.88 Å². The van der Waals surface area contributed by atoms with Crippen molar-refractivity contribution in [3.8, 4) is 0 Å². The molecule has 150 valence electrons. The first-order valence-electron chi connectivity index (χ1n) is 11.3. The third-order valence-corrected chi connectivity index (χ3v) is 7.23. The average Bonchev–Trinajstić information content (AvgIpc) is 2.71. The van der Waals surface area contributed by atoms with E-state index in [1.54, 1.807) is 0 Å². The normalized spacial score (nSPS) is 29.0. The van der Waals surface area contributed by atoms with Crippen molar-refractivity contribution in [3.63, 3.8) is 0 Å². The van der Waals surface area contributed by atoms with E-state index in [2.05, 4.69) is 69.0 Å². The van der Waals surface area contributed by atoms with Crippen LogP contribution in [0.2, 0.25) is 0 Å². The Morgan fingerprint density at radius 3 is 2.61 bits per heavy atom. The molecule has 1 aliphatic carbocycles. The fourth-order valence-electron chi connectivity index (χ4n) is 5.41. The van der Waals surface area contributed by atoms with Gasteiger partial charge in [0.25, 0.3) is 0 Å². The molecule has 4 atom stereocenters. The molecule has 2 fully saturated rings. The lowest BCUT2D eigenvalue weighted by Gasteiger charge is -2.51. The summed E-state index contributed by atoms with van der Waals surface area (Å²) in [5, 5.41) is 1.18. The Morgan fingerprint density at radius 2 is 1.82 bits per heavy atom. The van der Waals surface area contributed by atoms with Crippen LogP contribution in [0.1, 0.15) is 59.8 Å². The summed E-state index contributed by atoms with van der Waals surface area (Å²) in [6, 6.07) is 13.2. The lowest BCUT2D eigenvalue weighted by Crippen LogP contribution is -2.55. The first kappa shape index (κ1) is 19.4. The van der Waals surface area contributed by atoms with Gasteiger partial charge < -0.3 is 4.90 Å². The minimum atomic E-state index is 0.515. The Kier molecular flexibility index (Phi) is 5.70. The van der Waals surface area contributed by atoms with Crippen LogP contribution in [0.4, 0.5) is 5.82 Å². The Hall–Kier alpha value is -1.90. The van der Waals surface area contributed by atoms with Crippen LogP contribution in [0.3, 0.4) is 0 Å². The van der Waals surface area contributed by atoms with Crippen LogP contribution in [0.25, 0.3) is 10.9 Å². The smallest absolute Gasteiger partial charge is 0.154 e. The molecule has 0 spiro atoms. The monoisotopic (exact) mass is 377 g/mol. The number of amidine groups is 1. The second-order valence-electron chi connectivity index (χ2n) is 9.18. The number of fused-ring (bicyclic) bond motifs is 3. The van der Waals surface area contributed by atoms with E-state index in [1.807, 2.05) is 0 Å². The van der Waals surface area contributed by atoms with Crippen LogP contribution in [0.5, 0.6) is 0 Å². The lowest BCUT2D eigenvalue weighted by atomic mass is 9.69. The zero-order chi connectivity index (χ0) is 19.7. The van der Waals surface area contributed by atoms with Gasteiger partial charge in [-0.2, -0.15) is 0 Å². The minimum Gasteiger partial charge on any atom is -0.356 e. The topological polar surface area (TPSA) is 28.5 Å². The summed E-state index contributed by atoms with van der Waals surface area (Å²) < 4.78 is 0. The fourth-order valence-corrected chi connectivity index (χ4v) is 5.41. The highest BCUT2D eigenvalue weighted by Crippen LogP contribution is 2.42. The van der Waals surface area contributed by atoms with E-state index in [0.717, 1.165) is 35.6 Å². The molecule has 2 heterocycles. The van der Waals surface area contributed by atoms with Crippen LogP contribution < -0.4 is 0 Å². The van der Waals surface area contributed by atoms with Gasteiger partial charge in [0, 0.05) is 23.9 Å². The van der Waals surface area contributed by atoms with E-state index >= 15 is 0 Å². The predicted molar refractivity (Wildman–Crippen MR) is 119 cm³/mol. The van der Waals surface area contributed by atoms with Crippen molar-refractivity contribution in [3.05, 3.63) is 36.4 Å². The third kappa shape index (κ3) is 3.81. The van der Waals surface area contributed by atoms with Gasteiger partial charge >= 0.3 is 0 Å². The molecule has 1 aromatic carbocycles. The summed E-state index contributed by atoms with van der Waals surface area (Å²) in [5.41, 5.74) is 1.04. The number of piperidine rings is 1. The number of aliphatic imine (C=N–C) groups is 1. The second-order valence-corrected chi connectivity index (χ2v) is 9.18. The van der Waals surface area contributed by atoms with Gasteiger partial charge in [0.2, 0.25) is 0 Å². The van der Waals surface area contributed by atoms with Crippen LogP contribution in [-0.2, 0) is 0 Å². The maximum Gasteiger partial charge on any atom is 0.154 e. The lowest BCUT2D eigenvalue weighted by molar-refractivity contribution is 0.0918. The third-order valence-electron chi connectivity index (χ3n) is 7.23. The van der Waals surface area contributed by atoms with E-state index in [1.165, 1.54) is 43.3 Å². The Morgan fingerprint density at radius 1 is 1.04 bits per heavy atom. The summed E-state index contributed by atoms with van der Waals surface area (Å²) in [6.45, 7) is 10.6. The molecule has 0 radical (unpaired) electrons. The van der Waals surface area contributed by atoms with E-state index in [4.69, 9.17) is 9.98 Å². The maximum atomic E-state index is 5.19. The van der Waals surface area contributed by atoms with Gasteiger partial charge in [-0.1, -0.05) is 58.7 Å². The zero-order valence-corrected chi connectivity index (χ0v) is 17.9. The molecule has 3 nitrogen and oxygen atoms in total. The van der Waals surface area contributed by atoms with E-state index in [9.17, 15) is 0 Å². The van der Waals surface area contributed by atoms with Crippen LogP contribution in [0.15, 0.2) is 41.4 Å². The largest absolute Gasteiger partial charge is 0.356 e. The molecule has 1 aromatic heterocycles. The number of nitrogens with zero attached hydrogens (tertiary/aromatic N) is 3. The minimum absolute atomic E-state index is 0.515.